The quantitative estimate of drug-likeness (QED) is 0.678. The van der Waals surface area contributed by atoms with Crippen molar-refractivity contribution in [3.63, 3.8) is 0 Å². The molecule has 0 spiro atoms. The number of hydrogen-bond acceptors (Lipinski definition) is 4. The molecule has 5 heteroatoms. The van der Waals surface area contributed by atoms with Crippen molar-refractivity contribution in [3.05, 3.63) is 52.2 Å². The lowest BCUT2D eigenvalue weighted by atomic mass is 10.2. The van der Waals surface area contributed by atoms with Gasteiger partial charge in [0.25, 0.3) is 5.91 Å². The van der Waals surface area contributed by atoms with Gasteiger partial charge in [-0.2, -0.15) is 5.10 Å². The van der Waals surface area contributed by atoms with Gasteiger partial charge >= 0.3 is 0 Å². The third kappa shape index (κ3) is 3.18. The molecule has 1 aromatic carbocycles. The lowest BCUT2D eigenvalue weighted by molar-refractivity contribution is 0.0955. The highest BCUT2D eigenvalue weighted by atomic mass is 32.1. The van der Waals surface area contributed by atoms with E-state index < -0.39 is 0 Å². The average Bonchev–Trinajstić information content (AvgIpc) is 2.92. The zero-order valence-electron chi connectivity index (χ0n) is 9.79. The van der Waals surface area contributed by atoms with Gasteiger partial charge in [0.05, 0.1) is 13.3 Å². The number of methoxy groups -OCH3 is 1. The summed E-state index contributed by atoms with van der Waals surface area (Å²) in [6.07, 6.45) is 1.62. The molecular formula is C13H12N2O2S. The van der Waals surface area contributed by atoms with Crippen molar-refractivity contribution < 1.29 is 9.53 Å². The van der Waals surface area contributed by atoms with Crippen LogP contribution in [0.4, 0.5) is 0 Å². The second-order valence-electron chi connectivity index (χ2n) is 3.44. The molecule has 92 valence electrons. The van der Waals surface area contributed by atoms with Gasteiger partial charge in [0.2, 0.25) is 0 Å². The molecule has 0 fully saturated rings. The summed E-state index contributed by atoms with van der Waals surface area (Å²) >= 11 is 1.56. The van der Waals surface area contributed by atoms with E-state index in [0.717, 1.165) is 4.88 Å². The first-order valence-corrected chi connectivity index (χ1v) is 6.18. The van der Waals surface area contributed by atoms with Crippen LogP contribution >= 0.6 is 11.3 Å². The molecule has 0 aliphatic heterocycles. The smallest absolute Gasteiger partial charge is 0.271 e. The number of thiophene rings is 1. The van der Waals surface area contributed by atoms with Crippen LogP contribution in [-0.2, 0) is 0 Å². The van der Waals surface area contributed by atoms with Gasteiger partial charge in [0.1, 0.15) is 5.75 Å². The van der Waals surface area contributed by atoms with E-state index in [4.69, 9.17) is 4.74 Å². The van der Waals surface area contributed by atoms with Crippen molar-refractivity contribution in [2.24, 2.45) is 5.10 Å². The number of hydrazone groups is 1. The highest BCUT2D eigenvalue weighted by Crippen LogP contribution is 2.11. The van der Waals surface area contributed by atoms with E-state index in [9.17, 15) is 4.79 Å². The minimum absolute atomic E-state index is 0.245. The molecule has 2 rings (SSSR count). The van der Waals surface area contributed by atoms with Gasteiger partial charge in [-0.1, -0.05) is 6.07 Å². The average molecular weight is 260 g/mol. The molecule has 0 saturated heterocycles. The van der Waals surface area contributed by atoms with Crippen LogP contribution in [0.5, 0.6) is 5.75 Å². The molecule has 1 aromatic heterocycles. The lowest BCUT2D eigenvalue weighted by Crippen LogP contribution is -2.17. The third-order valence-electron chi connectivity index (χ3n) is 2.25. The van der Waals surface area contributed by atoms with Crippen LogP contribution in [0.2, 0.25) is 0 Å². The number of carbonyl (C=O) groups is 1. The first-order valence-electron chi connectivity index (χ1n) is 5.30. The Balaban J connectivity index is 1.95. The molecule has 0 aliphatic rings. The van der Waals surface area contributed by atoms with Crippen LogP contribution < -0.4 is 10.2 Å². The Bertz CT molecular complexity index is 533. The summed E-state index contributed by atoms with van der Waals surface area (Å²) in [4.78, 5) is 12.7. The molecule has 0 atom stereocenters. The van der Waals surface area contributed by atoms with Crippen LogP contribution in [0, 0.1) is 0 Å². The molecule has 1 heterocycles. The number of nitrogens with zero attached hydrogens (tertiary/aromatic N) is 1. The Morgan fingerprint density at radius 1 is 1.33 bits per heavy atom. The molecule has 0 bridgehead atoms. The number of rotatable bonds is 4. The van der Waals surface area contributed by atoms with Crippen LogP contribution in [-0.4, -0.2) is 19.2 Å². The van der Waals surface area contributed by atoms with E-state index in [-0.39, 0.29) is 5.91 Å². The molecule has 4 nitrogen and oxygen atoms in total. The van der Waals surface area contributed by atoms with Crippen molar-refractivity contribution in [3.8, 4) is 5.75 Å². The molecule has 1 N–H and O–H groups in total. The van der Waals surface area contributed by atoms with Gasteiger partial charge < -0.3 is 4.74 Å². The summed E-state index contributed by atoms with van der Waals surface area (Å²) in [6, 6.07) is 10.7. The lowest BCUT2D eigenvalue weighted by Gasteiger charge is -2.01. The predicted octanol–water partition coefficient (Wildman–Crippen LogP) is 2.52. The van der Waals surface area contributed by atoms with E-state index in [2.05, 4.69) is 10.5 Å². The minimum atomic E-state index is -0.245. The maximum atomic E-state index is 11.7. The number of carbonyl (C=O) groups excluding carboxylic acids is 1. The van der Waals surface area contributed by atoms with Crippen molar-refractivity contribution >= 4 is 23.5 Å². The Morgan fingerprint density at radius 2 is 2.11 bits per heavy atom. The molecule has 0 saturated carbocycles. The summed E-state index contributed by atoms with van der Waals surface area (Å²) in [7, 11) is 1.58. The van der Waals surface area contributed by atoms with Crippen molar-refractivity contribution in [1.29, 1.82) is 0 Å². The molecule has 0 radical (unpaired) electrons. The topological polar surface area (TPSA) is 50.7 Å². The van der Waals surface area contributed by atoms with Gasteiger partial charge in [0, 0.05) is 10.4 Å². The molecule has 0 aliphatic carbocycles. The van der Waals surface area contributed by atoms with Gasteiger partial charge in [-0.15, -0.1) is 11.3 Å². The van der Waals surface area contributed by atoms with E-state index in [1.807, 2.05) is 17.5 Å². The Kier molecular flexibility index (Phi) is 4.09. The number of nitrogens with one attached hydrogen (secondary N) is 1. The minimum Gasteiger partial charge on any atom is -0.497 e. The number of hydrogen-bond donors (Lipinski definition) is 1. The second kappa shape index (κ2) is 5.97. The van der Waals surface area contributed by atoms with Crippen LogP contribution in [0.15, 0.2) is 46.9 Å². The Hall–Kier alpha value is -2.14. The molecule has 2 aromatic rings. The maximum Gasteiger partial charge on any atom is 0.271 e. The van der Waals surface area contributed by atoms with Crippen LogP contribution in [0.3, 0.4) is 0 Å². The standard InChI is InChI=1S/C13H12N2O2S/c1-17-11-6-4-10(5-7-11)13(16)15-14-9-12-3-2-8-18-12/h2-9H,1H3,(H,15,16)/b14-9-. The SMILES string of the molecule is COc1ccc(C(=O)N/N=C\c2cccs2)cc1. The van der Waals surface area contributed by atoms with Crippen LogP contribution in [0.25, 0.3) is 0 Å². The van der Waals surface area contributed by atoms with E-state index in [0.29, 0.717) is 11.3 Å². The largest absolute Gasteiger partial charge is 0.497 e. The molecule has 1 amide bonds. The van der Waals surface area contributed by atoms with Gasteiger partial charge in [-0.3, -0.25) is 4.79 Å². The molecule has 0 unspecified atom stereocenters. The normalized spacial score (nSPS) is 10.5. The summed E-state index contributed by atoms with van der Waals surface area (Å²) in [5.41, 5.74) is 3.01. The summed E-state index contributed by atoms with van der Waals surface area (Å²) in [5.74, 6) is 0.471. The van der Waals surface area contributed by atoms with Crippen molar-refractivity contribution in [2.45, 2.75) is 0 Å². The molecular weight excluding hydrogens is 248 g/mol. The highest BCUT2D eigenvalue weighted by Gasteiger charge is 2.03. The van der Waals surface area contributed by atoms with Gasteiger partial charge in [0.15, 0.2) is 0 Å². The number of amides is 1. The third-order valence-corrected chi connectivity index (χ3v) is 3.06. The first kappa shape index (κ1) is 12.3. The zero-order valence-corrected chi connectivity index (χ0v) is 10.6. The second-order valence-corrected chi connectivity index (χ2v) is 4.42. The fourth-order valence-electron chi connectivity index (χ4n) is 1.33. The fraction of sp³-hybridized carbons (Fsp3) is 0.0769. The first-order chi connectivity index (χ1) is 8.79. The fourth-order valence-corrected chi connectivity index (χ4v) is 1.91. The van der Waals surface area contributed by atoms with Gasteiger partial charge in [-0.05, 0) is 35.7 Å². The van der Waals surface area contributed by atoms with E-state index in [1.54, 1.807) is 48.9 Å². The number of benzene rings is 1. The van der Waals surface area contributed by atoms with E-state index in [1.165, 1.54) is 0 Å². The highest BCUT2D eigenvalue weighted by molar-refractivity contribution is 7.11. The summed E-state index contributed by atoms with van der Waals surface area (Å²) in [5, 5.41) is 5.84. The number of ether oxygens (including phenoxy) is 1. The monoisotopic (exact) mass is 260 g/mol. The van der Waals surface area contributed by atoms with Gasteiger partial charge in [-0.25, -0.2) is 5.43 Å². The summed E-state index contributed by atoms with van der Waals surface area (Å²) < 4.78 is 5.02. The molecule has 18 heavy (non-hydrogen) atoms. The summed E-state index contributed by atoms with van der Waals surface area (Å²) in [6.45, 7) is 0. The maximum absolute atomic E-state index is 11.7. The zero-order chi connectivity index (χ0) is 12.8. The Morgan fingerprint density at radius 3 is 2.72 bits per heavy atom. The van der Waals surface area contributed by atoms with Crippen molar-refractivity contribution in [1.82, 2.24) is 5.43 Å². The van der Waals surface area contributed by atoms with Crippen LogP contribution in [0.1, 0.15) is 15.2 Å². The van der Waals surface area contributed by atoms with E-state index >= 15 is 0 Å². The Labute approximate surface area is 109 Å². The predicted molar refractivity (Wildman–Crippen MR) is 72.4 cm³/mol. The van der Waals surface area contributed by atoms with Crippen molar-refractivity contribution in [2.75, 3.05) is 7.11 Å².